The maximum Gasteiger partial charge on any atom is 0.305 e. The van der Waals surface area contributed by atoms with Crippen molar-refractivity contribution in [1.82, 2.24) is 10.3 Å². The lowest BCUT2D eigenvalue weighted by atomic mass is 10.1. The fourth-order valence-corrected chi connectivity index (χ4v) is 3.08. The Morgan fingerprint density at radius 2 is 2.16 bits per heavy atom. The molecule has 2 N–H and O–H groups in total. The maximum atomic E-state index is 12.0. The second-order valence-electron chi connectivity index (χ2n) is 4.26. The molecule has 2 aromatic rings. The van der Waals surface area contributed by atoms with Gasteiger partial charge in [0.05, 0.1) is 11.3 Å². The van der Waals surface area contributed by atoms with Gasteiger partial charge in [0.2, 0.25) is 0 Å². The van der Waals surface area contributed by atoms with Gasteiger partial charge in [-0.1, -0.05) is 0 Å². The van der Waals surface area contributed by atoms with E-state index in [1.165, 1.54) is 11.3 Å². The first-order chi connectivity index (χ1) is 9.00. The number of nitrogens with one attached hydrogen (secondary N) is 1. The lowest BCUT2D eigenvalue weighted by molar-refractivity contribution is -0.136. The SMILES string of the molecule is Cc1ccnc2sc(C(=O)NCCC(=O)O)c(C)c12. The van der Waals surface area contributed by atoms with Crippen molar-refractivity contribution in [3.05, 3.63) is 28.3 Å². The Morgan fingerprint density at radius 1 is 1.42 bits per heavy atom. The Labute approximate surface area is 114 Å². The van der Waals surface area contributed by atoms with Crippen molar-refractivity contribution in [1.29, 1.82) is 0 Å². The van der Waals surface area contributed by atoms with Crippen LogP contribution in [0.25, 0.3) is 10.2 Å². The van der Waals surface area contributed by atoms with E-state index in [9.17, 15) is 9.59 Å². The zero-order valence-corrected chi connectivity index (χ0v) is 11.5. The van der Waals surface area contributed by atoms with Gasteiger partial charge in [-0.25, -0.2) is 4.98 Å². The first kappa shape index (κ1) is 13.5. The smallest absolute Gasteiger partial charge is 0.305 e. The highest BCUT2D eigenvalue weighted by atomic mass is 32.1. The summed E-state index contributed by atoms with van der Waals surface area (Å²) in [7, 11) is 0. The number of nitrogens with zero attached hydrogens (tertiary/aromatic N) is 1. The summed E-state index contributed by atoms with van der Waals surface area (Å²) in [4.78, 5) is 28.1. The molecule has 0 bridgehead atoms. The molecular weight excluding hydrogens is 264 g/mol. The van der Waals surface area contributed by atoms with Gasteiger partial charge < -0.3 is 10.4 Å². The number of pyridine rings is 1. The normalized spacial score (nSPS) is 10.6. The fourth-order valence-electron chi connectivity index (χ4n) is 1.93. The van der Waals surface area contributed by atoms with E-state index >= 15 is 0 Å². The quantitative estimate of drug-likeness (QED) is 0.897. The van der Waals surface area contributed by atoms with Crippen LogP contribution in [0.3, 0.4) is 0 Å². The molecule has 0 aliphatic carbocycles. The Bertz CT molecular complexity index is 649. The van der Waals surface area contributed by atoms with E-state index in [1.807, 2.05) is 19.9 Å². The van der Waals surface area contributed by atoms with Crippen LogP contribution < -0.4 is 5.32 Å². The predicted octanol–water partition coefficient (Wildman–Crippen LogP) is 2.12. The Hall–Kier alpha value is -1.95. The van der Waals surface area contributed by atoms with Crippen LogP contribution in [-0.4, -0.2) is 28.5 Å². The number of aliphatic carboxylic acids is 1. The number of amides is 1. The maximum absolute atomic E-state index is 12.0. The summed E-state index contributed by atoms with van der Waals surface area (Å²) >= 11 is 1.33. The third-order valence-corrected chi connectivity index (χ3v) is 4.07. The monoisotopic (exact) mass is 278 g/mol. The highest BCUT2D eigenvalue weighted by Crippen LogP contribution is 2.31. The second-order valence-corrected chi connectivity index (χ2v) is 5.26. The molecule has 5 nitrogen and oxygen atoms in total. The van der Waals surface area contributed by atoms with Gasteiger partial charge in [-0.2, -0.15) is 0 Å². The van der Waals surface area contributed by atoms with Gasteiger partial charge in [-0.15, -0.1) is 11.3 Å². The van der Waals surface area contributed by atoms with Crippen LogP contribution in [0.5, 0.6) is 0 Å². The molecule has 0 aromatic carbocycles. The highest BCUT2D eigenvalue weighted by Gasteiger charge is 2.17. The van der Waals surface area contributed by atoms with Gasteiger partial charge in [-0.3, -0.25) is 9.59 Å². The molecular formula is C13H14N2O3S. The third kappa shape index (κ3) is 2.73. The van der Waals surface area contributed by atoms with Crippen LogP contribution in [-0.2, 0) is 4.79 Å². The molecule has 19 heavy (non-hydrogen) atoms. The fraction of sp³-hybridized carbons (Fsp3) is 0.308. The van der Waals surface area contributed by atoms with E-state index in [0.29, 0.717) is 4.88 Å². The zero-order chi connectivity index (χ0) is 14.0. The molecule has 0 atom stereocenters. The second kappa shape index (κ2) is 5.36. The number of carboxylic acid groups (broad SMARTS) is 1. The van der Waals surface area contributed by atoms with E-state index in [-0.39, 0.29) is 18.9 Å². The van der Waals surface area contributed by atoms with Crippen molar-refractivity contribution in [2.75, 3.05) is 6.54 Å². The van der Waals surface area contributed by atoms with Crippen molar-refractivity contribution >= 4 is 33.4 Å². The predicted molar refractivity (Wildman–Crippen MR) is 73.7 cm³/mol. The molecule has 2 rings (SSSR count). The van der Waals surface area contributed by atoms with Gasteiger partial charge in [0, 0.05) is 18.1 Å². The van der Waals surface area contributed by atoms with Crippen molar-refractivity contribution in [3.8, 4) is 0 Å². The zero-order valence-electron chi connectivity index (χ0n) is 10.7. The van der Waals surface area contributed by atoms with Crippen molar-refractivity contribution < 1.29 is 14.7 Å². The topological polar surface area (TPSA) is 79.3 Å². The molecule has 0 radical (unpaired) electrons. The standard InChI is InChI=1S/C13H14N2O3S/c1-7-3-5-15-13-10(7)8(2)11(19-13)12(18)14-6-4-9(16)17/h3,5H,4,6H2,1-2H3,(H,14,18)(H,16,17). The van der Waals surface area contributed by atoms with Gasteiger partial charge in [0.25, 0.3) is 5.91 Å². The van der Waals surface area contributed by atoms with E-state index in [4.69, 9.17) is 5.11 Å². The first-order valence-electron chi connectivity index (χ1n) is 5.85. The van der Waals surface area contributed by atoms with Crippen LogP contribution in [0.4, 0.5) is 0 Å². The summed E-state index contributed by atoms with van der Waals surface area (Å²) in [5.41, 5.74) is 1.99. The number of carbonyl (C=O) groups is 2. The molecule has 0 fully saturated rings. The van der Waals surface area contributed by atoms with Crippen LogP contribution in [0.2, 0.25) is 0 Å². The minimum absolute atomic E-state index is 0.0764. The number of rotatable bonds is 4. The van der Waals surface area contributed by atoms with E-state index in [2.05, 4.69) is 10.3 Å². The minimum atomic E-state index is -0.925. The molecule has 0 saturated carbocycles. The average molecular weight is 278 g/mol. The molecule has 0 spiro atoms. The summed E-state index contributed by atoms with van der Waals surface area (Å²) < 4.78 is 0. The van der Waals surface area contributed by atoms with Crippen molar-refractivity contribution in [3.63, 3.8) is 0 Å². The van der Waals surface area contributed by atoms with E-state index in [0.717, 1.165) is 21.3 Å². The summed E-state index contributed by atoms with van der Waals surface area (Å²) in [5, 5.41) is 12.2. The molecule has 1 amide bonds. The molecule has 0 saturated heterocycles. The molecule has 0 aliphatic rings. The van der Waals surface area contributed by atoms with Crippen LogP contribution in [0, 0.1) is 13.8 Å². The molecule has 2 aromatic heterocycles. The summed E-state index contributed by atoms with van der Waals surface area (Å²) in [6.07, 6.45) is 1.65. The van der Waals surface area contributed by atoms with Gasteiger partial charge in [0.15, 0.2) is 0 Å². The van der Waals surface area contributed by atoms with Crippen LogP contribution >= 0.6 is 11.3 Å². The summed E-state index contributed by atoms with van der Waals surface area (Å²) in [6, 6.07) is 1.91. The number of aryl methyl sites for hydroxylation is 2. The molecule has 2 heterocycles. The number of aromatic nitrogens is 1. The number of hydrogen-bond donors (Lipinski definition) is 2. The van der Waals surface area contributed by atoms with E-state index < -0.39 is 5.97 Å². The number of hydrogen-bond acceptors (Lipinski definition) is 4. The Balaban J connectivity index is 2.25. The number of carbonyl (C=O) groups excluding carboxylic acids is 1. The van der Waals surface area contributed by atoms with Crippen LogP contribution in [0.1, 0.15) is 27.2 Å². The van der Waals surface area contributed by atoms with Crippen molar-refractivity contribution in [2.45, 2.75) is 20.3 Å². The number of thiophene rings is 1. The first-order valence-corrected chi connectivity index (χ1v) is 6.67. The highest BCUT2D eigenvalue weighted by molar-refractivity contribution is 7.20. The average Bonchev–Trinajstić information content (AvgIpc) is 2.67. The van der Waals surface area contributed by atoms with Gasteiger partial charge in [-0.05, 0) is 31.0 Å². The van der Waals surface area contributed by atoms with Gasteiger partial charge in [0.1, 0.15) is 4.83 Å². The molecule has 6 heteroatoms. The van der Waals surface area contributed by atoms with Gasteiger partial charge >= 0.3 is 5.97 Å². The minimum Gasteiger partial charge on any atom is -0.481 e. The molecule has 100 valence electrons. The number of fused-ring (bicyclic) bond motifs is 1. The summed E-state index contributed by atoms with van der Waals surface area (Å²) in [5.74, 6) is -1.16. The lowest BCUT2D eigenvalue weighted by Crippen LogP contribution is -2.25. The van der Waals surface area contributed by atoms with E-state index in [1.54, 1.807) is 6.20 Å². The Morgan fingerprint density at radius 3 is 2.79 bits per heavy atom. The molecule has 0 aliphatic heterocycles. The van der Waals surface area contributed by atoms with Crippen LogP contribution in [0.15, 0.2) is 12.3 Å². The van der Waals surface area contributed by atoms with Crippen molar-refractivity contribution in [2.24, 2.45) is 0 Å². The lowest BCUT2D eigenvalue weighted by Gasteiger charge is -2.02. The summed E-state index contributed by atoms with van der Waals surface area (Å²) in [6.45, 7) is 4.00. The molecule has 0 unspecified atom stereocenters. The number of carboxylic acids is 1. The third-order valence-electron chi connectivity index (χ3n) is 2.87. The Kier molecular flexibility index (Phi) is 3.80. The largest absolute Gasteiger partial charge is 0.481 e.